The number of amides is 1. The molecule has 0 aromatic heterocycles. The van der Waals surface area contributed by atoms with Crippen molar-refractivity contribution in [1.82, 2.24) is 5.32 Å². The highest BCUT2D eigenvalue weighted by molar-refractivity contribution is 5.85. The van der Waals surface area contributed by atoms with E-state index < -0.39 is 0 Å². The van der Waals surface area contributed by atoms with Gasteiger partial charge in [0.1, 0.15) is 0 Å². The normalized spacial score (nSPS) is 26.4. The zero-order valence-corrected chi connectivity index (χ0v) is 11.8. The maximum absolute atomic E-state index is 12.2. The van der Waals surface area contributed by atoms with E-state index in [1.54, 1.807) is 0 Å². The van der Waals surface area contributed by atoms with E-state index in [2.05, 4.69) is 5.32 Å². The summed E-state index contributed by atoms with van der Waals surface area (Å²) in [7, 11) is 0. The van der Waals surface area contributed by atoms with Crippen molar-refractivity contribution in [3.63, 3.8) is 0 Å². The van der Waals surface area contributed by atoms with Crippen LogP contribution in [0.25, 0.3) is 0 Å². The van der Waals surface area contributed by atoms with Crippen LogP contribution in [0.15, 0.2) is 0 Å². The lowest BCUT2D eigenvalue weighted by Crippen LogP contribution is -2.47. The first kappa shape index (κ1) is 15.7. The van der Waals surface area contributed by atoms with Crippen LogP contribution < -0.4 is 11.1 Å². The molecule has 18 heavy (non-hydrogen) atoms. The number of hydrogen-bond donors (Lipinski definition) is 2. The molecule has 0 spiro atoms. The van der Waals surface area contributed by atoms with E-state index in [1.807, 2.05) is 0 Å². The molecule has 0 bridgehead atoms. The standard InChI is InChI=1S/C13H24N2O2.ClH/c14-10-13(6-2-3-7-13)12(16)15-9-11-5-1-4-8-17-11;/h11H,1-10,14H2,(H,15,16);1H. The molecule has 106 valence electrons. The van der Waals surface area contributed by atoms with E-state index in [0.29, 0.717) is 13.1 Å². The van der Waals surface area contributed by atoms with Gasteiger partial charge in [-0.25, -0.2) is 0 Å². The average molecular weight is 277 g/mol. The van der Waals surface area contributed by atoms with E-state index >= 15 is 0 Å². The van der Waals surface area contributed by atoms with E-state index in [-0.39, 0.29) is 29.8 Å². The molecule has 4 nitrogen and oxygen atoms in total. The van der Waals surface area contributed by atoms with E-state index in [9.17, 15) is 4.79 Å². The molecule has 3 N–H and O–H groups in total. The average Bonchev–Trinajstić information content (AvgIpc) is 2.87. The molecule has 1 saturated carbocycles. The lowest BCUT2D eigenvalue weighted by atomic mass is 9.85. The monoisotopic (exact) mass is 276 g/mol. The van der Waals surface area contributed by atoms with Crippen molar-refractivity contribution in [2.45, 2.75) is 51.0 Å². The predicted molar refractivity (Wildman–Crippen MR) is 73.8 cm³/mol. The summed E-state index contributed by atoms with van der Waals surface area (Å²) >= 11 is 0. The van der Waals surface area contributed by atoms with E-state index in [4.69, 9.17) is 10.5 Å². The Morgan fingerprint density at radius 3 is 2.56 bits per heavy atom. The Morgan fingerprint density at radius 2 is 2.00 bits per heavy atom. The SMILES string of the molecule is Cl.NCC1(C(=O)NCC2CCCCO2)CCCC1. The van der Waals surface area contributed by atoms with Gasteiger partial charge in [-0.15, -0.1) is 12.4 Å². The third-order valence-electron chi connectivity index (χ3n) is 4.20. The second kappa shape index (κ2) is 7.31. The van der Waals surface area contributed by atoms with Crippen molar-refractivity contribution in [3.8, 4) is 0 Å². The van der Waals surface area contributed by atoms with Crippen LogP contribution >= 0.6 is 12.4 Å². The van der Waals surface area contributed by atoms with Gasteiger partial charge in [0.25, 0.3) is 0 Å². The predicted octanol–water partition coefficient (Wildman–Crippen LogP) is 1.61. The highest BCUT2D eigenvalue weighted by Crippen LogP contribution is 2.37. The van der Waals surface area contributed by atoms with Gasteiger partial charge in [-0.3, -0.25) is 4.79 Å². The first-order valence-electron chi connectivity index (χ1n) is 6.87. The number of nitrogens with one attached hydrogen (secondary N) is 1. The van der Waals surface area contributed by atoms with Crippen LogP contribution in [0.1, 0.15) is 44.9 Å². The lowest BCUT2D eigenvalue weighted by molar-refractivity contribution is -0.131. The first-order valence-corrected chi connectivity index (χ1v) is 6.87. The number of carbonyl (C=O) groups excluding carboxylic acids is 1. The Kier molecular flexibility index (Phi) is 6.39. The molecule has 1 unspecified atom stereocenters. The van der Waals surface area contributed by atoms with Crippen LogP contribution in [-0.4, -0.2) is 31.7 Å². The smallest absolute Gasteiger partial charge is 0.227 e. The third kappa shape index (κ3) is 3.59. The van der Waals surface area contributed by atoms with Crippen molar-refractivity contribution in [2.24, 2.45) is 11.1 Å². The Balaban J connectivity index is 0.00000162. The van der Waals surface area contributed by atoms with Crippen molar-refractivity contribution in [3.05, 3.63) is 0 Å². The van der Waals surface area contributed by atoms with Gasteiger partial charge < -0.3 is 15.8 Å². The Hall–Kier alpha value is -0.320. The lowest BCUT2D eigenvalue weighted by Gasteiger charge is -2.28. The summed E-state index contributed by atoms with van der Waals surface area (Å²) in [6.45, 7) is 1.97. The molecule has 5 heteroatoms. The quantitative estimate of drug-likeness (QED) is 0.820. The number of rotatable bonds is 4. The highest BCUT2D eigenvalue weighted by atomic mass is 35.5. The van der Waals surface area contributed by atoms with Gasteiger partial charge in [-0.05, 0) is 32.1 Å². The molecule has 0 radical (unpaired) electrons. The fourth-order valence-corrected chi connectivity index (χ4v) is 2.94. The van der Waals surface area contributed by atoms with E-state index in [1.165, 1.54) is 6.42 Å². The van der Waals surface area contributed by atoms with Gasteiger partial charge in [-0.1, -0.05) is 12.8 Å². The summed E-state index contributed by atoms with van der Waals surface area (Å²) in [6, 6.07) is 0. The molecule has 1 saturated heterocycles. The molecule has 1 aliphatic heterocycles. The van der Waals surface area contributed by atoms with E-state index in [0.717, 1.165) is 45.1 Å². The van der Waals surface area contributed by atoms with Crippen LogP contribution in [0.4, 0.5) is 0 Å². The minimum absolute atomic E-state index is 0. The van der Waals surface area contributed by atoms with Crippen molar-refractivity contribution >= 4 is 18.3 Å². The van der Waals surface area contributed by atoms with Gasteiger partial charge in [0.05, 0.1) is 11.5 Å². The Labute approximate surface area is 115 Å². The molecule has 1 heterocycles. The summed E-state index contributed by atoms with van der Waals surface area (Å²) < 4.78 is 5.61. The second-order valence-corrected chi connectivity index (χ2v) is 5.39. The number of carbonyl (C=O) groups is 1. The summed E-state index contributed by atoms with van der Waals surface area (Å²) in [6.07, 6.45) is 7.79. The van der Waals surface area contributed by atoms with Crippen molar-refractivity contribution in [2.75, 3.05) is 19.7 Å². The van der Waals surface area contributed by atoms with Gasteiger partial charge in [0.2, 0.25) is 5.91 Å². The third-order valence-corrected chi connectivity index (χ3v) is 4.20. The van der Waals surface area contributed by atoms with Crippen LogP contribution in [0.3, 0.4) is 0 Å². The number of hydrogen-bond acceptors (Lipinski definition) is 3. The summed E-state index contributed by atoms with van der Waals surface area (Å²) in [5.74, 6) is 0.145. The summed E-state index contributed by atoms with van der Waals surface area (Å²) in [4.78, 5) is 12.2. The minimum atomic E-state index is -0.283. The molecular formula is C13H25ClN2O2. The van der Waals surface area contributed by atoms with Gasteiger partial charge in [0.15, 0.2) is 0 Å². The Morgan fingerprint density at radius 1 is 1.28 bits per heavy atom. The molecule has 0 aromatic rings. The fraction of sp³-hybridized carbons (Fsp3) is 0.923. The highest BCUT2D eigenvalue weighted by Gasteiger charge is 2.39. The molecule has 1 amide bonds. The first-order chi connectivity index (χ1) is 8.27. The minimum Gasteiger partial charge on any atom is -0.376 e. The molecule has 0 aromatic carbocycles. The maximum Gasteiger partial charge on any atom is 0.227 e. The second-order valence-electron chi connectivity index (χ2n) is 5.39. The molecular weight excluding hydrogens is 252 g/mol. The molecule has 2 rings (SSSR count). The number of ether oxygens (including phenoxy) is 1. The molecule has 1 aliphatic carbocycles. The molecule has 1 atom stereocenters. The summed E-state index contributed by atoms with van der Waals surface area (Å²) in [5, 5.41) is 3.04. The largest absolute Gasteiger partial charge is 0.376 e. The van der Waals surface area contributed by atoms with Gasteiger partial charge in [-0.2, -0.15) is 0 Å². The summed E-state index contributed by atoms with van der Waals surface area (Å²) in [5.41, 5.74) is 5.50. The van der Waals surface area contributed by atoms with Crippen LogP contribution in [0.5, 0.6) is 0 Å². The number of halogens is 1. The van der Waals surface area contributed by atoms with Crippen LogP contribution in [-0.2, 0) is 9.53 Å². The van der Waals surface area contributed by atoms with Crippen molar-refractivity contribution < 1.29 is 9.53 Å². The van der Waals surface area contributed by atoms with Crippen LogP contribution in [0.2, 0.25) is 0 Å². The zero-order valence-electron chi connectivity index (χ0n) is 11.0. The van der Waals surface area contributed by atoms with Gasteiger partial charge in [0, 0.05) is 19.7 Å². The van der Waals surface area contributed by atoms with Gasteiger partial charge >= 0.3 is 0 Å². The maximum atomic E-state index is 12.2. The topological polar surface area (TPSA) is 64.4 Å². The van der Waals surface area contributed by atoms with Crippen LogP contribution in [0, 0.1) is 5.41 Å². The Bertz CT molecular complexity index is 262. The molecule has 2 fully saturated rings. The fourth-order valence-electron chi connectivity index (χ4n) is 2.94. The number of nitrogens with two attached hydrogens (primary N) is 1. The molecule has 2 aliphatic rings. The van der Waals surface area contributed by atoms with Crippen molar-refractivity contribution in [1.29, 1.82) is 0 Å². The zero-order chi connectivity index (χ0) is 12.1.